The summed E-state index contributed by atoms with van der Waals surface area (Å²) in [5, 5.41) is 2.88. The van der Waals surface area contributed by atoms with Crippen molar-refractivity contribution in [2.45, 2.75) is 25.8 Å². The molecular weight excluding hydrogens is 152 g/mol. The Balaban J connectivity index is 2.30. The van der Waals surface area contributed by atoms with Crippen LogP contribution in [0.2, 0.25) is 0 Å². The second-order valence-electron chi connectivity index (χ2n) is 3.19. The summed E-state index contributed by atoms with van der Waals surface area (Å²) in [6.45, 7) is 2.38. The summed E-state index contributed by atoms with van der Waals surface area (Å²) >= 11 is 0. The maximum atomic E-state index is 11.1. The zero-order valence-electron chi connectivity index (χ0n) is 7.42. The smallest absolute Gasteiger partial charge is 0.243 e. The van der Waals surface area contributed by atoms with E-state index in [0.29, 0.717) is 12.5 Å². The predicted octanol–water partition coefficient (Wildman–Crippen LogP) is 0.416. The molecule has 1 rings (SSSR count). The van der Waals surface area contributed by atoms with Crippen LogP contribution < -0.4 is 11.1 Å². The lowest BCUT2D eigenvalue weighted by atomic mass is 10.2. The molecule has 1 aliphatic carbocycles. The summed E-state index contributed by atoms with van der Waals surface area (Å²) in [5.74, 6) is 0.601. The molecule has 1 unspecified atom stereocenters. The average molecular weight is 168 g/mol. The highest BCUT2D eigenvalue weighted by molar-refractivity contribution is 5.87. The van der Waals surface area contributed by atoms with E-state index in [1.165, 1.54) is 18.9 Å². The van der Waals surface area contributed by atoms with Gasteiger partial charge in [-0.3, -0.25) is 4.79 Å². The second kappa shape index (κ2) is 4.26. The van der Waals surface area contributed by atoms with Crippen LogP contribution in [0.1, 0.15) is 19.8 Å². The van der Waals surface area contributed by atoms with E-state index in [1.54, 1.807) is 6.08 Å². The molecule has 3 heteroatoms. The summed E-state index contributed by atoms with van der Waals surface area (Å²) in [5.41, 5.74) is 5.52. The fraction of sp³-hybridized carbons (Fsp3) is 0.667. The van der Waals surface area contributed by atoms with E-state index in [4.69, 9.17) is 5.73 Å². The van der Waals surface area contributed by atoms with E-state index in [2.05, 4.69) is 5.32 Å². The quantitative estimate of drug-likeness (QED) is 0.598. The first-order valence-corrected chi connectivity index (χ1v) is 4.41. The third kappa shape index (κ3) is 2.66. The van der Waals surface area contributed by atoms with Gasteiger partial charge in [0.1, 0.15) is 0 Å². The van der Waals surface area contributed by atoms with E-state index in [-0.39, 0.29) is 11.9 Å². The lowest BCUT2D eigenvalue weighted by Crippen LogP contribution is -2.40. The fourth-order valence-corrected chi connectivity index (χ4v) is 1.25. The normalized spacial score (nSPS) is 19.5. The molecule has 1 atom stereocenters. The molecule has 3 nitrogen and oxygen atoms in total. The minimum Gasteiger partial charge on any atom is -0.348 e. The summed E-state index contributed by atoms with van der Waals surface area (Å²) < 4.78 is 0. The number of hydrogen-bond acceptors (Lipinski definition) is 2. The number of amides is 1. The van der Waals surface area contributed by atoms with Crippen LogP contribution in [0, 0.1) is 5.92 Å². The minimum absolute atomic E-state index is 0.0279. The van der Waals surface area contributed by atoms with Crippen molar-refractivity contribution >= 4 is 5.91 Å². The van der Waals surface area contributed by atoms with Crippen LogP contribution in [-0.4, -0.2) is 18.5 Å². The molecule has 3 N–H and O–H groups in total. The van der Waals surface area contributed by atoms with Crippen LogP contribution >= 0.6 is 0 Å². The van der Waals surface area contributed by atoms with Gasteiger partial charge in [0.2, 0.25) is 5.91 Å². The Labute approximate surface area is 73.0 Å². The van der Waals surface area contributed by atoms with Crippen LogP contribution in [0.3, 0.4) is 0 Å². The molecule has 0 aromatic carbocycles. The van der Waals surface area contributed by atoms with Gasteiger partial charge in [-0.05, 0) is 31.8 Å². The van der Waals surface area contributed by atoms with Crippen molar-refractivity contribution in [2.75, 3.05) is 6.54 Å². The van der Waals surface area contributed by atoms with Gasteiger partial charge in [0, 0.05) is 12.6 Å². The maximum absolute atomic E-state index is 11.1. The van der Waals surface area contributed by atoms with Gasteiger partial charge in [-0.15, -0.1) is 0 Å². The molecule has 1 aliphatic rings. The zero-order valence-corrected chi connectivity index (χ0v) is 7.42. The van der Waals surface area contributed by atoms with Gasteiger partial charge in [0.05, 0.1) is 0 Å². The lowest BCUT2D eigenvalue weighted by molar-refractivity contribution is -0.117. The molecular formula is C9H16N2O. The first kappa shape index (κ1) is 9.26. The largest absolute Gasteiger partial charge is 0.348 e. The molecule has 0 aliphatic heterocycles. The van der Waals surface area contributed by atoms with Crippen LogP contribution in [0.25, 0.3) is 0 Å². The van der Waals surface area contributed by atoms with Crippen LogP contribution in [0.4, 0.5) is 0 Å². The molecule has 0 saturated heterocycles. The van der Waals surface area contributed by atoms with Gasteiger partial charge < -0.3 is 11.1 Å². The lowest BCUT2D eigenvalue weighted by Gasteiger charge is -2.13. The Hall–Kier alpha value is -0.830. The number of carbonyl (C=O) groups is 1. The molecule has 12 heavy (non-hydrogen) atoms. The van der Waals surface area contributed by atoms with Gasteiger partial charge in [0.15, 0.2) is 0 Å². The highest BCUT2D eigenvalue weighted by Gasteiger charge is 2.30. The topological polar surface area (TPSA) is 55.1 Å². The average Bonchev–Trinajstić information content (AvgIpc) is 2.83. The van der Waals surface area contributed by atoms with Crippen molar-refractivity contribution in [3.8, 4) is 0 Å². The molecule has 0 aromatic heterocycles. The Bertz CT molecular complexity index is 185. The van der Waals surface area contributed by atoms with E-state index in [0.717, 1.165) is 0 Å². The zero-order chi connectivity index (χ0) is 8.97. The van der Waals surface area contributed by atoms with Gasteiger partial charge in [-0.2, -0.15) is 0 Å². The number of carbonyl (C=O) groups excluding carboxylic acids is 1. The number of nitrogens with two attached hydrogens (primary N) is 1. The number of nitrogens with one attached hydrogen (secondary N) is 1. The minimum atomic E-state index is -0.0279. The van der Waals surface area contributed by atoms with Gasteiger partial charge in [-0.25, -0.2) is 0 Å². The third-order valence-electron chi connectivity index (χ3n) is 2.09. The maximum Gasteiger partial charge on any atom is 0.243 e. The molecule has 68 valence electrons. The Morgan fingerprint density at radius 2 is 2.42 bits per heavy atom. The van der Waals surface area contributed by atoms with E-state index in [9.17, 15) is 4.79 Å². The Morgan fingerprint density at radius 1 is 1.75 bits per heavy atom. The van der Waals surface area contributed by atoms with Crippen molar-refractivity contribution < 1.29 is 4.79 Å². The second-order valence-corrected chi connectivity index (χ2v) is 3.19. The van der Waals surface area contributed by atoms with Crippen molar-refractivity contribution in [1.82, 2.24) is 5.32 Å². The van der Waals surface area contributed by atoms with Crippen LogP contribution in [-0.2, 0) is 4.79 Å². The molecule has 0 radical (unpaired) electrons. The number of rotatable bonds is 4. The molecule has 0 bridgehead atoms. The van der Waals surface area contributed by atoms with E-state index >= 15 is 0 Å². The molecule has 0 heterocycles. The number of allylic oxidation sites excluding steroid dienone is 1. The summed E-state index contributed by atoms with van der Waals surface area (Å²) in [6.07, 6.45) is 5.68. The summed E-state index contributed by atoms with van der Waals surface area (Å²) in [6, 6.07) is 0.189. The first-order chi connectivity index (χ1) is 5.77. The third-order valence-corrected chi connectivity index (χ3v) is 2.09. The number of hydrogen-bond donors (Lipinski definition) is 2. The fourth-order valence-electron chi connectivity index (χ4n) is 1.25. The molecule has 0 spiro atoms. The van der Waals surface area contributed by atoms with E-state index in [1.807, 2.05) is 6.92 Å². The van der Waals surface area contributed by atoms with E-state index < -0.39 is 0 Å². The summed E-state index contributed by atoms with van der Waals surface area (Å²) in [7, 11) is 0. The standard InChI is InChI=1S/C9H16N2O/c1-2-3-9(12)11-8(6-10)7-4-5-7/h2-3,7-8H,4-6,10H2,1H3,(H,11,12). The molecule has 1 amide bonds. The monoisotopic (exact) mass is 168 g/mol. The van der Waals surface area contributed by atoms with Crippen LogP contribution in [0.15, 0.2) is 12.2 Å². The molecule has 0 aromatic rings. The highest BCUT2D eigenvalue weighted by atomic mass is 16.1. The SMILES string of the molecule is CC=CC(=O)NC(CN)C1CC1. The Kier molecular flexibility index (Phi) is 3.29. The predicted molar refractivity (Wildman–Crippen MR) is 48.5 cm³/mol. The summed E-state index contributed by atoms with van der Waals surface area (Å²) in [4.78, 5) is 11.1. The van der Waals surface area contributed by atoms with Gasteiger partial charge in [0.25, 0.3) is 0 Å². The van der Waals surface area contributed by atoms with Crippen molar-refractivity contribution in [2.24, 2.45) is 11.7 Å². The Morgan fingerprint density at radius 3 is 2.83 bits per heavy atom. The van der Waals surface area contributed by atoms with Crippen LogP contribution in [0.5, 0.6) is 0 Å². The highest BCUT2D eigenvalue weighted by Crippen LogP contribution is 2.32. The van der Waals surface area contributed by atoms with Gasteiger partial charge in [-0.1, -0.05) is 6.08 Å². The molecule has 1 saturated carbocycles. The van der Waals surface area contributed by atoms with Gasteiger partial charge >= 0.3 is 0 Å². The van der Waals surface area contributed by atoms with Crippen molar-refractivity contribution in [1.29, 1.82) is 0 Å². The first-order valence-electron chi connectivity index (χ1n) is 4.41. The molecule has 1 fully saturated rings. The van der Waals surface area contributed by atoms with Crippen molar-refractivity contribution in [3.63, 3.8) is 0 Å². The van der Waals surface area contributed by atoms with Crippen molar-refractivity contribution in [3.05, 3.63) is 12.2 Å².